The lowest BCUT2D eigenvalue weighted by Crippen LogP contribution is -2.23. The minimum Gasteiger partial charge on any atom is -0.376 e. The summed E-state index contributed by atoms with van der Waals surface area (Å²) in [6, 6.07) is 13.2. The normalized spacial score (nSPS) is 12.8. The van der Waals surface area contributed by atoms with E-state index in [0.717, 1.165) is 18.5 Å². The molecule has 0 atom stereocenters. The molecule has 0 saturated heterocycles. The zero-order valence-corrected chi connectivity index (χ0v) is 15.3. The molecule has 1 aliphatic carbocycles. The first kappa shape index (κ1) is 18.0. The van der Waals surface area contributed by atoms with Crippen molar-refractivity contribution in [1.82, 2.24) is 4.90 Å². The third kappa shape index (κ3) is 4.23. The van der Waals surface area contributed by atoms with Crippen molar-refractivity contribution in [3.8, 4) is 0 Å². The third-order valence-electron chi connectivity index (χ3n) is 4.66. The van der Waals surface area contributed by atoms with Crippen LogP contribution in [-0.4, -0.2) is 37.4 Å². The number of nitrogens with zero attached hydrogens (tertiary/aromatic N) is 1. The quantitative estimate of drug-likeness (QED) is 0.869. The number of carbonyl (C=O) groups excluding carboxylic acids is 2. The van der Waals surface area contributed by atoms with Crippen LogP contribution < -0.4 is 10.6 Å². The van der Waals surface area contributed by atoms with Crippen LogP contribution in [0.4, 0.5) is 11.4 Å². The largest absolute Gasteiger partial charge is 0.376 e. The SMILES string of the molecule is CN(C)C(=O)c1ccc(NC(=O)CNc2cccc3c2CCCC3)cc1. The summed E-state index contributed by atoms with van der Waals surface area (Å²) in [7, 11) is 3.43. The van der Waals surface area contributed by atoms with Crippen LogP contribution in [0.1, 0.15) is 34.3 Å². The second-order valence-electron chi connectivity index (χ2n) is 6.83. The van der Waals surface area contributed by atoms with E-state index in [2.05, 4.69) is 16.7 Å². The molecule has 5 heteroatoms. The molecule has 26 heavy (non-hydrogen) atoms. The van der Waals surface area contributed by atoms with Crippen LogP contribution in [0.5, 0.6) is 0 Å². The van der Waals surface area contributed by atoms with Crippen molar-refractivity contribution in [2.24, 2.45) is 0 Å². The number of anilines is 2. The predicted octanol–water partition coefficient (Wildman–Crippen LogP) is 3.32. The predicted molar refractivity (Wildman–Crippen MR) is 105 cm³/mol. The summed E-state index contributed by atoms with van der Waals surface area (Å²) in [5.41, 5.74) is 5.08. The maximum atomic E-state index is 12.2. The molecule has 0 saturated carbocycles. The van der Waals surface area contributed by atoms with Crippen molar-refractivity contribution in [3.05, 3.63) is 59.2 Å². The first-order valence-corrected chi connectivity index (χ1v) is 9.01. The Labute approximate surface area is 154 Å². The van der Waals surface area contributed by atoms with Gasteiger partial charge in [-0.3, -0.25) is 9.59 Å². The first-order valence-electron chi connectivity index (χ1n) is 9.01. The molecule has 5 nitrogen and oxygen atoms in total. The lowest BCUT2D eigenvalue weighted by atomic mass is 9.90. The summed E-state index contributed by atoms with van der Waals surface area (Å²) in [6.07, 6.45) is 4.63. The average Bonchev–Trinajstić information content (AvgIpc) is 2.66. The highest BCUT2D eigenvalue weighted by atomic mass is 16.2. The van der Waals surface area contributed by atoms with E-state index in [4.69, 9.17) is 0 Å². The lowest BCUT2D eigenvalue weighted by molar-refractivity contribution is -0.114. The Balaban J connectivity index is 1.57. The Morgan fingerprint density at radius 3 is 2.46 bits per heavy atom. The summed E-state index contributed by atoms with van der Waals surface area (Å²) in [6.45, 7) is 0.217. The molecule has 3 rings (SSSR count). The Kier molecular flexibility index (Phi) is 5.56. The lowest BCUT2D eigenvalue weighted by Gasteiger charge is -2.20. The minimum atomic E-state index is -0.106. The average molecular weight is 351 g/mol. The van der Waals surface area contributed by atoms with Crippen molar-refractivity contribution >= 4 is 23.2 Å². The number of carbonyl (C=O) groups is 2. The van der Waals surface area contributed by atoms with Gasteiger partial charge in [0.2, 0.25) is 5.91 Å². The van der Waals surface area contributed by atoms with Crippen LogP contribution >= 0.6 is 0 Å². The highest BCUT2D eigenvalue weighted by molar-refractivity contribution is 5.96. The van der Waals surface area contributed by atoms with Gasteiger partial charge in [-0.25, -0.2) is 0 Å². The van der Waals surface area contributed by atoms with E-state index < -0.39 is 0 Å². The molecule has 0 spiro atoms. The van der Waals surface area contributed by atoms with Crippen molar-refractivity contribution in [1.29, 1.82) is 0 Å². The zero-order chi connectivity index (χ0) is 18.5. The molecule has 2 N–H and O–H groups in total. The molecule has 0 radical (unpaired) electrons. The van der Waals surface area contributed by atoms with Crippen LogP contribution in [0, 0.1) is 0 Å². The number of rotatable bonds is 5. The number of benzene rings is 2. The second-order valence-corrected chi connectivity index (χ2v) is 6.83. The van der Waals surface area contributed by atoms with E-state index in [-0.39, 0.29) is 18.4 Å². The molecule has 136 valence electrons. The smallest absolute Gasteiger partial charge is 0.253 e. The topological polar surface area (TPSA) is 61.4 Å². The Bertz CT molecular complexity index is 797. The van der Waals surface area contributed by atoms with E-state index in [9.17, 15) is 9.59 Å². The van der Waals surface area contributed by atoms with Gasteiger partial charge in [0.25, 0.3) is 5.91 Å². The van der Waals surface area contributed by atoms with Gasteiger partial charge in [-0.2, -0.15) is 0 Å². The van der Waals surface area contributed by atoms with Gasteiger partial charge in [-0.05, 0) is 67.1 Å². The highest BCUT2D eigenvalue weighted by Crippen LogP contribution is 2.27. The summed E-state index contributed by atoms with van der Waals surface area (Å²) in [5, 5.41) is 6.13. The molecule has 0 unspecified atom stereocenters. The molecule has 2 aromatic carbocycles. The number of nitrogens with one attached hydrogen (secondary N) is 2. The van der Waals surface area contributed by atoms with E-state index >= 15 is 0 Å². The van der Waals surface area contributed by atoms with Crippen molar-refractivity contribution < 1.29 is 9.59 Å². The summed E-state index contributed by atoms with van der Waals surface area (Å²) in [4.78, 5) is 25.6. The molecule has 2 aromatic rings. The zero-order valence-electron chi connectivity index (χ0n) is 15.3. The number of hydrogen-bond donors (Lipinski definition) is 2. The molecule has 1 aliphatic rings. The van der Waals surface area contributed by atoms with E-state index in [0.29, 0.717) is 11.3 Å². The highest BCUT2D eigenvalue weighted by Gasteiger charge is 2.13. The van der Waals surface area contributed by atoms with Gasteiger partial charge in [0.1, 0.15) is 0 Å². The third-order valence-corrected chi connectivity index (χ3v) is 4.66. The number of amides is 2. The van der Waals surface area contributed by atoms with Crippen LogP contribution in [0.2, 0.25) is 0 Å². The van der Waals surface area contributed by atoms with Crippen molar-refractivity contribution in [3.63, 3.8) is 0 Å². The minimum absolute atomic E-state index is 0.0570. The van der Waals surface area contributed by atoms with Crippen molar-refractivity contribution in [2.75, 3.05) is 31.3 Å². The number of hydrogen-bond acceptors (Lipinski definition) is 3. The monoisotopic (exact) mass is 351 g/mol. The van der Waals surface area contributed by atoms with Gasteiger partial charge in [0.15, 0.2) is 0 Å². The second kappa shape index (κ2) is 8.04. The Hall–Kier alpha value is -2.82. The summed E-state index contributed by atoms with van der Waals surface area (Å²) in [5.74, 6) is -0.163. The van der Waals surface area contributed by atoms with Gasteiger partial charge in [0, 0.05) is 31.0 Å². The maximum absolute atomic E-state index is 12.2. The van der Waals surface area contributed by atoms with Gasteiger partial charge in [0.05, 0.1) is 6.54 Å². The Morgan fingerprint density at radius 2 is 1.73 bits per heavy atom. The molecule has 0 fully saturated rings. The molecule has 0 aromatic heterocycles. The van der Waals surface area contributed by atoms with Gasteiger partial charge >= 0.3 is 0 Å². The fourth-order valence-corrected chi connectivity index (χ4v) is 3.28. The number of aryl methyl sites for hydroxylation is 1. The van der Waals surface area contributed by atoms with E-state index in [1.807, 2.05) is 12.1 Å². The molecule has 0 heterocycles. The first-order chi connectivity index (χ1) is 12.5. The van der Waals surface area contributed by atoms with Crippen LogP contribution in [0.25, 0.3) is 0 Å². The fourth-order valence-electron chi connectivity index (χ4n) is 3.28. The van der Waals surface area contributed by atoms with Crippen LogP contribution in [0.3, 0.4) is 0 Å². The molecule has 0 bridgehead atoms. The van der Waals surface area contributed by atoms with Crippen molar-refractivity contribution in [2.45, 2.75) is 25.7 Å². The maximum Gasteiger partial charge on any atom is 0.253 e. The molecular weight excluding hydrogens is 326 g/mol. The van der Waals surface area contributed by atoms with Gasteiger partial charge in [-0.1, -0.05) is 12.1 Å². The number of fused-ring (bicyclic) bond motifs is 1. The van der Waals surface area contributed by atoms with E-state index in [1.165, 1.54) is 28.9 Å². The van der Waals surface area contributed by atoms with Crippen LogP contribution in [-0.2, 0) is 17.6 Å². The molecular formula is C21H25N3O2. The summed E-state index contributed by atoms with van der Waals surface area (Å²) >= 11 is 0. The Morgan fingerprint density at radius 1 is 1.00 bits per heavy atom. The fraction of sp³-hybridized carbons (Fsp3) is 0.333. The van der Waals surface area contributed by atoms with Gasteiger partial charge < -0.3 is 15.5 Å². The molecule has 2 amide bonds. The van der Waals surface area contributed by atoms with Gasteiger partial charge in [-0.15, -0.1) is 0 Å². The standard InChI is InChI=1S/C21H25N3O2/c1-24(2)21(26)16-10-12-17(13-11-16)23-20(25)14-22-19-9-5-7-15-6-3-4-8-18(15)19/h5,7,9-13,22H,3-4,6,8,14H2,1-2H3,(H,23,25). The van der Waals surface area contributed by atoms with E-state index in [1.54, 1.807) is 38.4 Å². The molecule has 0 aliphatic heterocycles. The van der Waals surface area contributed by atoms with Crippen LogP contribution in [0.15, 0.2) is 42.5 Å². The summed E-state index contributed by atoms with van der Waals surface area (Å²) < 4.78 is 0.